The van der Waals surface area contributed by atoms with E-state index in [2.05, 4.69) is 21.5 Å². The number of pyridine rings is 1. The summed E-state index contributed by atoms with van der Waals surface area (Å²) in [5.74, 6) is -0.199. The second kappa shape index (κ2) is 6.13. The van der Waals surface area contributed by atoms with Crippen molar-refractivity contribution in [1.29, 1.82) is 5.26 Å². The topological polar surface area (TPSA) is 83.6 Å². The van der Waals surface area contributed by atoms with Crippen LogP contribution < -0.4 is 5.32 Å². The number of nitrogens with one attached hydrogen (secondary N) is 1. The molecule has 6 nitrogen and oxygen atoms in total. The Kier molecular flexibility index (Phi) is 4.00. The van der Waals surface area contributed by atoms with E-state index in [1.807, 2.05) is 33.0 Å². The molecule has 0 spiro atoms. The van der Waals surface area contributed by atoms with Gasteiger partial charge in [0.05, 0.1) is 29.1 Å². The first kappa shape index (κ1) is 15.7. The summed E-state index contributed by atoms with van der Waals surface area (Å²) in [5.41, 5.74) is 4.40. The van der Waals surface area contributed by atoms with Crippen LogP contribution in [-0.2, 0) is 13.5 Å². The maximum atomic E-state index is 12.7. The highest BCUT2D eigenvalue weighted by Gasteiger charge is 2.17. The molecule has 120 valence electrons. The number of anilines is 1. The van der Waals surface area contributed by atoms with E-state index < -0.39 is 0 Å². The highest BCUT2D eigenvalue weighted by atomic mass is 16.1. The predicted molar refractivity (Wildman–Crippen MR) is 91.7 cm³/mol. The van der Waals surface area contributed by atoms with Crippen molar-refractivity contribution in [3.8, 4) is 6.07 Å². The van der Waals surface area contributed by atoms with Crippen LogP contribution in [0.25, 0.3) is 11.0 Å². The fourth-order valence-electron chi connectivity index (χ4n) is 2.74. The van der Waals surface area contributed by atoms with Gasteiger partial charge in [-0.15, -0.1) is 0 Å². The third-order valence-corrected chi connectivity index (χ3v) is 3.84. The fourth-order valence-corrected chi connectivity index (χ4v) is 2.74. The monoisotopic (exact) mass is 319 g/mol. The lowest BCUT2D eigenvalue weighted by Crippen LogP contribution is -2.13. The third kappa shape index (κ3) is 2.84. The number of rotatable bonds is 3. The van der Waals surface area contributed by atoms with Crippen LogP contribution in [0.5, 0.6) is 0 Å². The lowest BCUT2D eigenvalue weighted by molar-refractivity contribution is 0.102. The van der Waals surface area contributed by atoms with E-state index in [9.17, 15) is 4.79 Å². The van der Waals surface area contributed by atoms with E-state index in [-0.39, 0.29) is 5.91 Å². The number of hydrogen-bond donors (Lipinski definition) is 1. The van der Waals surface area contributed by atoms with Gasteiger partial charge < -0.3 is 5.32 Å². The van der Waals surface area contributed by atoms with Crippen molar-refractivity contribution in [2.45, 2.75) is 20.3 Å². The predicted octanol–water partition coefficient (Wildman–Crippen LogP) is 2.90. The van der Waals surface area contributed by atoms with Crippen molar-refractivity contribution in [3.05, 3.63) is 52.8 Å². The number of aryl methyl sites for hydroxylation is 3. The van der Waals surface area contributed by atoms with Gasteiger partial charge in [0.2, 0.25) is 0 Å². The Hall–Kier alpha value is -3.20. The van der Waals surface area contributed by atoms with Crippen LogP contribution in [-0.4, -0.2) is 20.7 Å². The van der Waals surface area contributed by atoms with Gasteiger partial charge in [-0.1, -0.05) is 12.1 Å². The molecule has 0 saturated heterocycles. The summed E-state index contributed by atoms with van der Waals surface area (Å²) in [7, 11) is 1.82. The second-order valence-electron chi connectivity index (χ2n) is 5.70. The first-order valence-electron chi connectivity index (χ1n) is 7.58. The zero-order chi connectivity index (χ0) is 17.3. The Balaban J connectivity index is 1.95. The van der Waals surface area contributed by atoms with Crippen LogP contribution in [0.1, 0.15) is 27.3 Å². The van der Waals surface area contributed by atoms with Gasteiger partial charge in [-0.05, 0) is 37.6 Å². The van der Waals surface area contributed by atoms with E-state index in [0.29, 0.717) is 23.3 Å². The normalized spacial score (nSPS) is 10.6. The van der Waals surface area contributed by atoms with Crippen molar-refractivity contribution in [1.82, 2.24) is 14.8 Å². The number of fused-ring (bicyclic) bond motifs is 1. The minimum atomic E-state index is -0.199. The van der Waals surface area contributed by atoms with E-state index >= 15 is 0 Å². The zero-order valence-electron chi connectivity index (χ0n) is 13.8. The van der Waals surface area contributed by atoms with Gasteiger partial charge in [0, 0.05) is 18.4 Å². The Bertz CT molecular complexity index is 964. The average molecular weight is 319 g/mol. The van der Waals surface area contributed by atoms with E-state index in [1.54, 1.807) is 22.9 Å². The summed E-state index contributed by atoms with van der Waals surface area (Å²) in [6.45, 7) is 3.72. The molecule has 0 atom stereocenters. The molecule has 0 aliphatic heterocycles. The van der Waals surface area contributed by atoms with E-state index in [1.165, 1.54) is 0 Å². The number of carbonyl (C=O) groups is 1. The van der Waals surface area contributed by atoms with Crippen LogP contribution in [0, 0.1) is 25.2 Å². The van der Waals surface area contributed by atoms with Gasteiger partial charge in [-0.2, -0.15) is 10.4 Å². The van der Waals surface area contributed by atoms with Crippen molar-refractivity contribution < 1.29 is 4.79 Å². The fraction of sp³-hybridized carbons (Fsp3) is 0.222. The van der Waals surface area contributed by atoms with E-state index in [4.69, 9.17) is 5.26 Å². The molecular formula is C18H17N5O. The first-order chi connectivity index (χ1) is 11.5. The van der Waals surface area contributed by atoms with Crippen LogP contribution >= 0.6 is 0 Å². The average Bonchev–Trinajstić information content (AvgIpc) is 2.83. The van der Waals surface area contributed by atoms with Crippen molar-refractivity contribution in [2.24, 2.45) is 7.05 Å². The maximum absolute atomic E-state index is 12.7. The van der Waals surface area contributed by atoms with Crippen LogP contribution in [0.2, 0.25) is 0 Å². The molecule has 2 heterocycles. The smallest absolute Gasteiger partial charge is 0.256 e. The molecule has 0 fully saturated rings. The van der Waals surface area contributed by atoms with Crippen molar-refractivity contribution >= 4 is 22.6 Å². The van der Waals surface area contributed by atoms with Gasteiger partial charge in [0.25, 0.3) is 5.91 Å². The molecule has 0 radical (unpaired) electrons. The van der Waals surface area contributed by atoms with Crippen LogP contribution in [0.4, 0.5) is 5.69 Å². The van der Waals surface area contributed by atoms with E-state index in [0.717, 1.165) is 22.3 Å². The molecule has 6 heteroatoms. The minimum Gasteiger partial charge on any atom is -0.322 e. The van der Waals surface area contributed by atoms with Crippen molar-refractivity contribution in [2.75, 3.05) is 5.32 Å². The largest absolute Gasteiger partial charge is 0.322 e. The molecule has 0 aliphatic carbocycles. The first-order valence-corrected chi connectivity index (χ1v) is 7.58. The molecule has 0 aliphatic rings. The molecule has 1 N–H and O–H groups in total. The summed E-state index contributed by atoms with van der Waals surface area (Å²) in [6.07, 6.45) is 0.354. The Morgan fingerprint density at radius 2 is 2.00 bits per heavy atom. The standard InChI is InChI=1S/C18H17N5O/c1-11-10-15(16-12(2)22-23(3)17(16)20-11)18(24)21-14-6-4-13(5-7-14)8-9-19/h4-7,10H,8H2,1-3H3,(H,21,24). The lowest BCUT2D eigenvalue weighted by Gasteiger charge is -2.08. The summed E-state index contributed by atoms with van der Waals surface area (Å²) in [4.78, 5) is 17.2. The Morgan fingerprint density at radius 1 is 1.29 bits per heavy atom. The minimum absolute atomic E-state index is 0.199. The number of benzene rings is 1. The van der Waals surface area contributed by atoms with Gasteiger partial charge in [0.15, 0.2) is 5.65 Å². The maximum Gasteiger partial charge on any atom is 0.256 e. The summed E-state index contributed by atoms with van der Waals surface area (Å²) >= 11 is 0. The Labute approximate surface area is 139 Å². The summed E-state index contributed by atoms with van der Waals surface area (Å²) < 4.78 is 1.69. The Morgan fingerprint density at radius 3 is 2.67 bits per heavy atom. The van der Waals surface area contributed by atoms with Crippen molar-refractivity contribution in [3.63, 3.8) is 0 Å². The van der Waals surface area contributed by atoms with Crippen LogP contribution in [0.3, 0.4) is 0 Å². The molecule has 24 heavy (non-hydrogen) atoms. The molecule has 2 aromatic heterocycles. The molecule has 0 bridgehead atoms. The SMILES string of the molecule is Cc1cc(C(=O)Nc2ccc(CC#N)cc2)c2c(C)nn(C)c2n1. The molecule has 1 aromatic carbocycles. The number of aromatic nitrogens is 3. The number of nitrogens with zero attached hydrogens (tertiary/aromatic N) is 4. The quantitative estimate of drug-likeness (QED) is 0.804. The van der Waals surface area contributed by atoms with Gasteiger partial charge >= 0.3 is 0 Å². The van der Waals surface area contributed by atoms with Gasteiger partial charge in [-0.3, -0.25) is 9.48 Å². The summed E-state index contributed by atoms with van der Waals surface area (Å²) in [5, 5.41) is 16.7. The van der Waals surface area contributed by atoms with Gasteiger partial charge in [-0.25, -0.2) is 4.98 Å². The molecule has 0 saturated carbocycles. The molecule has 3 aromatic rings. The number of hydrogen-bond acceptors (Lipinski definition) is 4. The summed E-state index contributed by atoms with van der Waals surface area (Å²) in [6, 6.07) is 11.1. The van der Waals surface area contributed by atoms with Crippen LogP contribution in [0.15, 0.2) is 30.3 Å². The molecule has 3 rings (SSSR count). The molecule has 0 unspecified atom stereocenters. The molecule has 1 amide bonds. The number of amides is 1. The lowest BCUT2D eigenvalue weighted by atomic mass is 10.1. The highest BCUT2D eigenvalue weighted by Crippen LogP contribution is 2.22. The van der Waals surface area contributed by atoms with Gasteiger partial charge in [0.1, 0.15) is 0 Å². The number of carbonyl (C=O) groups excluding carboxylic acids is 1. The third-order valence-electron chi connectivity index (χ3n) is 3.84. The zero-order valence-corrected chi connectivity index (χ0v) is 13.8. The second-order valence-corrected chi connectivity index (χ2v) is 5.70. The number of nitriles is 1. The highest BCUT2D eigenvalue weighted by molar-refractivity contribution is 6.12. The molecular weight excluding hydrogens is 302 g/mol.